The number of ether oxygens (including phenoxy) is 1. The van der Waals surface area contributed by atoms with Crippen molar-refractivity contribution >= 4 is 17.7 Å². The Morgan fingerprint density at radius 3 is 2.47 bits per heavy atom. The van der Waals surface area contributed by atoms with Crippen molar-refractivity contribution in [3.05, 3.63) is 35.4 Å². The molecule has 0 spiro atoms. The molecule has 0 saturated heterocycles. The van der Waals surface area contributed by atoms with Crippen LogP contribution >= 0.6 is 11.8 Å². The van der Waals surface area contributed by atoms with Crippen molar-refractivity contribution in [1.29, 1.82) is 0 Å². The molecule has 0 aliphatic heterocycles. The summed E-state index contributed by atoms with van der Waals surface area (Å²) in [5.41, 5.74) is 2.42. The van der Waals surface area contributed by atoms with E-state index in [1.165, 1.54) is 11.1 Å². The lowest BCUT2D eigenvalue weighted by atomic mass is 10.1. The van der Waals surface area contributed by atoms with Gasteiger partial charge in [-0.05, 0) is 17.4 Å². The number of aliphatic imine (C=N–C) groups is 1. The highest BCUT2D eigenvalue weighted by molar-refractivity contribution is 7.98. The topological polar surface area (TPSA) is 45.7 Å². The van der Waals surface area contributed by atoms with Crippen LogP contribution in [0.1, 0.15) is 11.1 Å². The van der Waals surface area contributed by atoms with Crippen molar-refractivity contribution in [2.24, 2.45) is 4.99 Å². The van der Waals surface area contributed by atoms with E-state index in [1.807, 2.05) is 11.8 Å². The van der Waals surface area contributed by atoms with Crippen LogP contribution in [0.15, 0.2) is 29.3 Å². The molecule has 0 saturated carbocycles. The summed E-state index contributed by atoms with van der Waals surface area (Å²) in [6.07, 6.45) is 2.10. The molecule has 1 rings (SSSR count). The highest BCUT2D eigenvalue weighted by Crippen LogP contribution is 2.05. The first-order chi connectivity index (χ1) is 9.30. The molecule has 2 N–H and O–H groups in total. The van der Waals surface area contributed by atoms with E-state index in [0.717, 1.165) is 24.8 Å². The third kappa shape index (κ3) is 6.50. The van der Waals surface area contributed by atoms with Gasteiger partial charge in [0.25, 0.3) is 0 Å². The lowest BCUT2D eigenvalue weighted by Gasteiger charge is -2.11. The third-order valence-electron chi connectivity index (χ3n) is 2.62. The lowest BCUT2D eigenvalue weighted by molar-refractivity contribution is 0.185. The molecular formula is C14H23N3OS. The molecule has 0 atom stereocenters. The minimum Gasteiger partial charge on any atom is -0.380 e. The van der Waals surface area contributed by atoms with Gasteiger partial charge in [0.2, 0.25) is 0 Å². The molecule has 19 heavy (non-hydrogen) atoms. The van der Waals surface area contributed by atoms with E-state index in [-0.39, 0.29) is 0 Å². The van der Waals surface area contributed by atoms with E-state index in [0.29, 0.717) is 6.61 Å². The summed E-state index contributed by atoms with van der Waals surface area (Å²) in [5, 5.41) is 6.56. The maximum Gasteiger partial charge on any atom is 0.191 e. The van der Waals surface area contributed by atoms with Crippen molar-refractivity contribution in [3.8, 4) is 0 Å². The van der Waals surface area contributed by atoms with Crippen LogP contribution in [-0.4, -0.2) is 38.7 Å². The van der Waals surface area contributed by atoms with Gasteiger partial charge in [-0.3, -0.25) is 4.99 Å². The second kappa shape index (κ2) is 9.69. The number of nitrogens with one attached hydrogen (secondary N) is 2. The van der Waals surface area contributed by atoms with Crippen LogP contribution in [0, 0.1) is 0 Å². The molecule has 106 valence electrons. The lowest BCUT2D eigenvalue weighted by Crippen LogP contribution is -2.37. The number of rotatable bonds is 7. The zero-order valence-corrected chi connectivity index (χ0v) is 12.7. The average Bonchev–Trinajstić information content (AvgIpc) is 2.44. The van der Waals surface area contributed by atoms with Crippen LogP contribution < -0.4 is 10.6 Å². The average molecular weight is 281 g/mol. The van der Waals surface area contributed by atoms with Crippen molar-refractivity contribution in [1.82, 2.24) is 10.6 Å². The van der Waals surface area contributed by atoms with Gasteiger partial charge in [0.15, 0.2) is 5.96 Å². The summed E-state index contributed by atoms with van der Waals surface area (Å²) in [7, 11) is 3.50. The molecule has 0 fully saturated rings. The minimum atomic E-state index is 0.658. The van der Waals surface area contributed by atoms with Gasteiger partial charge >= 0.3 is 0 Å². The Morgan fingerprint density at radius 2 is 1.89 bits per heavy atom. The first kappa shape index (κ1) is 15.9. The van der Waals surface area contributed by atoms with Crippen molar-refractivity contribution in [3.63, 3.8) is 0 Å². The number of benzene rings is 1. The fourth-order valence-electron chi connectivity index (χ4n) is 1.60. The summed E-state index contributed by atoms with van der Waals surface area (Å²) >= 11 is 1.82. The molecule has 0 aliphatic rings. The van der Waals surface area contributed by atoms with Gasteiger partial charge in [0.1, 0.15) is 0 Å². The summed E-state index contributed by atoms with van der Waals surface area (Å²) in [5.74, 6) is 1.92. The molecule has 1 aromatic carbocycles. The van der Waals surface area contributed by atoms with Gasteiger partial charge in [-0.15, -0.1) is 0 Å². The zero-order chi connectivity index (χ0) is 13.9. The Labute approximate surface area is 120 Å². The third-order valence-corrected chi connectivity index (χ3v) is 3.23. The van der Waals surface area contributed by atoms with Crippen molar-refractivity contribution in [2.75, 3.05) is 32.7 Å². The van der Waals surface area contributed by atoms with Crippen LogP contribution in [0.25, 0.3) is 0 Å². The van der Waals surface area contributed by atoms with Gasteiger partial charge in [0.05, 0.1) is 6.61 Å². The highest BCUT2D eigenvalue weighted by atomic mass is 32.2. The predicted molar refractivity (Wildman–Crippen MR) is 83.7 cm³/mol. The first-order valence-electron chi connectivity index (χ1n) is 6.30. The van der Waals surface area contributed by atoms with E-state index in [9.17, 15) is 0 Å². The number of hydrogen-bond donors (Lipinski definition) is 2. The maximum absolute atomic E-state index is 5.09. The standard InChI is InChI=1S/C14H23N3OS/c1-15-14(16-8-9-19-3)17-10-12-4-6-13(7-5-12)11-18-2/h4-7H,8-11H2,1-3H3,(H2,15,16,17). The highest BCUT2D eigenvalue weighted by Gasteiger charge is 1.98. The zero-order valence-electron chi connectivity index (χ0n) is 11.9. The van der Waals surface area contributed by atoms with Gasteiger partial charge in [-0.1, -0.05) is 24.3 Å². The van der Waals surface area contributed by atoms with Crippen molar-refractivity contribution < 1.29 is 4.74 Å². The SMILES string of the molecule is CN=C(NCCSC)NCc1ccc(COC)cc1. The molecule has 0 amide bonds. The maximum atomic E-state index is 5.09. The molecule has 0 aliphatic carbocycles. The quantitative estimate of drug-likeness (QED) is 0.455. The fourth-order valence-corrected chi connectivity index (χ4v) is 1.90. The molecule has 5 heteroatoms. The second-order valence-electron chi connectivity index (χ2n) is 4.09. The second-order valence-corrected chi connectivity index (χ2v) is 5.08. The van der Waals surface area contributed by atoms with E-state index < -0.39 is 0 Å². The monoisotopic (exact) mass is 281 g/mol. The summed E-state index contributed by atoms with van der Waals surface area (Å²) < 4.78 is 5.09. The van der Waals surface area contributed by atoms with E-state index in [4.69, 9.17) is 4.74 Å². The van der Waals surface area contributed by atoms with Gasteiger partial charge < -0.3 is 15.4 Å². The minimum absolute atomic E-state index is 0.658. The van der Waals surface area contributed by atoms with Gasteiger partial charge in [-0.25, -0.2) is 0 Å². The number of hydrogen-bond acceptors (Lipinski definition) is 3. The van der Waals surface area contributed by atoms with E-state index in [2.05, 4.69) is 46.1 Å². The Balaban J connectivity index is 2.37. The van der Waals surface area contributed by atoms with Crippen LogP contribution in [0.5, 0.6) is 0 Å². The predicted octanol–water partition coefficient (Wildman–Crippen LogP) is 1.86. The number of nitrogens with zero attached hydrogens (tertiary/aromatic N) is 1. The molecule has 0 unspecified atom stereocenters. The molecule has 4 nitrogen and oxygen atoms in total. The van der Waals surface area contributed by atoms with E-state index in [1.54, 1.807) is 14.2 Å². The summed E-state index contributed by atoms with van der Waals surface area (Å²) in [6, 6.07) is 8.39. The number of methoxy groups -OCH3 is 1. The molecule has 0 aromatic heterocycles. The largest absolute Gasteiger partial charge is 0.380 e. The molecule has 0 heterocycles. The molecular weight excluding hydrogens is 258 g/mol. The Morgan fingerprint density at radius 1 is 1.21 bits per heavy atom. The Hall–Kier alpha value is -1.20. The number of guanidine groups is 1. The molecule has 0 radical (unpaired) electrons. The van der Waals surface area contributed by atoms with Crippen LogP contribution in [0.2, 0.25) is 0 Å². The van der Waals surface area contributed by atoms with Crippen LogP contribution in [-0.2, 0) is 17.9 Å². The van der Waals surface area contributed by atoms with Crippen LogP contribution in [0.4, 0.5) is 0 Å². The van der Waals surface area contributed by atoms with Gasteiger partial charge in [-0.2, -0.15) is 11.8 Å². The smallest absolute Gasteiger partial charge is 0.191 e. The number of thioether (sulfide) groups is 1. The molecule has 1 aromatic rings. The fraction of sp³-hybridized carbons (Fsp3) is 0.500. The normalized spacial score (nSPS) is 11.4. The Bertz CT molecular complexity index is 379. The van der Waals surface area contributed by atoms with E-state index >= 15 is 0 Å². The summed E-state index contributed by atoms with van der Waals surface area (Å²) in [4.78, 5) is 4.19. The van der Waals surface area contributed by atoms with Gasteiger partial charge in [0, 0.05) is 33.0 Å². The summed E-state index contributed by atoms with van der Waals surface area (Å²) in [6.45, 7) is 2.35. The van der Waals surface area contributed by atoms with Crippen molar-refractivity contribution in [2.45, 2.75) is 13.2 Å². The van der Waals surface area contributed by atoms with Crippen LogP contribution in [0.3, 0.4) is 0 Å². The first-order valence-corrected chi connectivity index (χ1v) is 7.69. The Kier molecular flexibility index (Phi) is 8.09. The molecule has 0 bridgehead atoms.